The molecule has 3 N–H and O–H groups in total. The molecule has 168 valence electrons. The molecule has 0 bridgehead atoms. The molecule has 0 unspecified atom stereocenters. The number of rotatable bonds is 7. The number of fused-ring (bicyclic) bond motifs is 1. The molecule has 0 radical (unpaired) electrons. The standard InChI is InChI=1S/C21H25N7O4/c1-22-18-8-17(24-15-4-3-7-27(21(15)30)12-10-32-11-12)26-19-13(9-23-28(18)19)20(29)25-14-5-6-16(14)31-2/h3-4,7-9,12,14,16,22H,5-6,10-11H2,1-2H3,(H,24,26)(H,25,29)/t14-,16-/m0/s1. The van der Waals surface area contributed by atoms with Gasteiger partial charge in [-0.05, 0) is 25.0 Å². The largest absolute Gasteiger partial charge is 0.379 e. The molecule has 0 spiro atoms. The topological polar surface area (TPSA) is 124 Å². The van der Waals surface area contributed by atoms with Crippen LogP contribution in [-0.2, 0) is 9.47 Å². The number of carbonyl (C=O) groups is 1. The molecule has 4 heterocycles. The van der Waals surface area contributed by atoms with E-state index in [4.69, 9.17) is 9.47 Å². The zero-order valence-electron chi connectivity index (χ0n) is 17.9. The molecule has 5 rings (SSSR count). The van der Waals surface area contributed by atoms with Gasteiger partial charge in [0.15, 0.2) is 5.65 Å². The average Bonchev–Trinajstić information content (AvgIpc) is 3.16. The summed E-state index contributed by atoms with van der Waals surface area (Å²) < 4.78 is 13.8. The maximum absolute atomic E-state index is 12.9. The van der Waals surface area contributed by atoms with Gasteiger partial charge in [-0.3, -0.25) is 9.59 Å². The fourth-order valence-corrected chi connectivity index (χ4v) is 3.94. The Hall–Kier alpha value is -3.44. The van der Waals surface area contributed by atoms with E-state index in [1.807, 2.05) is 6.07 Å². The number of nitrogens with one attached hydrogen (secondary N) is 3. The number of pyridine rings is 1. The van der Waals surface area contributed by atoms with Crippen molar-refractivity contribution in [3.8, 4) is 0 Å². The Bertz CT molecular complexity index is 1210. The van der Waals surface area contributed by atoms with E-state index in [0.29, 0.717) is 41.7 Å². The van der Waals surface area contributed by atoms with E-state index in [1.165, 1.54) is 6.20 Å². The molecule has 1 aliphatic heterocycles. The Morgan fingerprint density at radius 1 is 1.31 bits per heavy atom. The van der Waals surface area contributed by atoms with Crippen LogP contribution >= 0.6 is 0 Å². The summed E-state index contributed by atoms with van der Waals surface area (Å²) in [7, 11) is 3.40. The number of aromatic nitrogens is 4. The quantitative estimate of drug-likeness (QED) is 0.501. The summed E-state index contributed by atoms with van der Waals surface area (Å²) in [6, 6.07) is 5.26. The minimum atomic E-state index is -0.259. The van der Waals surface area contributed by atoms with Crippen LogP contribution in [0.3, 0.4) is 0 Å². The predicted molar refractivity (Wildman–Crippen MR) is 118 cm³/mol. The third-order valence-corrected chi connectivity index (χ3v) is 6.05. The van der Waals surface area contributed by atoms with Gasteiger partial charge in [-0.1, -0.05) is 0 Å². The van der Waals surface area contributed by atoms with E-state index < -0.39 is 0 Å². The molecule has 1 saturated heterocycles. The van der Waals surface area contributed by atoms with Crippen molar-refractivity contribution in [2.75, 3.05) is 38.0 Å². The smallest absolute Gasteiger partial charge is 0.274 e. The number of anilines is 3. The maximum Gasteiger partial charge on any atom is 0.274 e. The highest BCUT2D eigenvalue weighted by atomic mass is 16.5. The Labute approximate surface area is 183 Å². The van der Waals surface area contributed by atoms with Crippen molar-refractivity contribution < 1.29 is 14.3 Å². The van der Waals surface area contributed by atoms with Gasteiger partial charge in [0.05, 0.1) is 37.6 Å². The lowest BCUT2D eigenvalue weighted by Crippen LogP contribution is -2.51. The molecular weight excluding hydrogens is 414 g/mol. The van der Waals surface area contributed by atoms with Gasteiger partial charge in [-0.2, -0.15) is 9.61 Å². The Kier molecular flexibility index (Phi) is 5.27. The number of hydrogen-bond acceptors (Lipinski definition) is 8. The van der Waals surface area contributed by atoms with Crippen LogP contribution in [0.25, 0.3) is 5.65 Å². The van der Waals surface area contributed by atoms with Crippen LogP contribution < -0.4 is 21.5 Å². The van der Waals surface area contributed by atoms with Crippen molar-refractivity contribution in [2.45, 2.75) is 31.0 Å². The molecular formula is C21H25N7O4. The summed E-state index contributed by atoms with van der Waals surface area (Å²) in [6.45, 7) is 1.05. The Balaban J connectivity index is 1.46. The third-order valence-electron chi connectivity index (χ3n) is 6.05. The van der Waals surface area contributed by atoms with Gasteiger partial charge in [0.1, 0.15) is 22.9 Å². The van der Waals surface area contributed by atoms with E-state index in [1.54, 1.807) is 41.6 Å². The first kappa shape index (κ1) is 20.5. The molecule has 2 aliphatic rings. The first-order chi connectivity index (χ1) is 15.6. The minimum Gasteiger partial charge on any atom is -0.379 e. The molecule has 1 amide bonds. The minimum absolute atomic E-state index is 0.0224. The van der Waals surface area contributed by atoms with Crippen LogP contribution in [0.4, 0.5) is 17.3 Å². The summed E-state index contributed by atoms with van der Waals surface area (Å²) in [5.41, 5.74) is 0.967. The third kappa shape index (κ3) is 3.49. The zero-order chi connectivity index (χ0) is 22.2. The molecule has 1 aliphatic carbocycles. The molecule has 11 heteroatoms. The number of amides is 1. The van der Waals surface area contributed by atoms with E-state index in [2.05, 4.69) is 26.0 Å². The van der Waals surface area contributed by atoms with Crippen LogP contribution in [-0.4, -0.2) is 64.6 Å². The average molecular weight is 439 g/mol. The second-order valence-corrected chi connectivity index (χ2v) is 7.95. The molecule has 11 nitrogen and oxygen atoms in total. The fourth-order valence-electron chi connectivity index (χ4n) is 3.94. The highest BCUT2D eigenvalue weighted by molar-refractivity contribution is 6.00. The van der Waals surface area contributed by atoms with Crippen molar-refractivity contribution >= 4 is 28.9 Å². The number of nitrogens with zero attached hydrogens (tertiary/aromatic N) is 4. The fraction of sp³-hybridized carbons (Fsp3) is 0.429. The highest BCUT2D eigenvalue weighted by Crippen LogP contribution is 2.25. The molecule has 32 heavy (non-hydrogen) atoms. The van der Waals surface area contributed by atoms with Gasteiger partial charge in [-0.25, -0.2) is 4.98 Å². The van der Waals surface area contributed by atoms with E-state index in [0.717, 1.165) is 12.8 Å². The summed E-state index contributed by atoms with van der Waals surface area (Å²) >= 11 is 0. The monoisotopic (exact) mass is 439 g/mol. The second-order valence-electron chi connectivity index (χ2n) is 7.95. The van der Waals surface area contributed by atoms with Gasteiger partial charge >= 0.3 is 0 Å². The van der Waals surface area contributed by atoms with Crippen LogP contribution in [0.1, 0.15) is 29.2 Å². The first-order valence-corrected chi connectivity index (χ1v) is 10.5. The summed E-state index contributed by atoms with van der Waals surface area (Å²) in [6.07, 6.45) is 5.07. The van der Waals surface area contributed by atoms with Gasteiger partial charge in [-0.15, -0.1) is 0 Å². The predicted octanol–water partition coefficient (Wildman–Crippen LogP) is 1.15. The lowest BCUT2D eigenvalue weighted by molar-refractivity contribution is -0.0247. The van der Waals surface area contributed by atoms with Gasteiger partial charge in [0.2, 0.25) is 0 Å². The number of hydrogen-bond donors (Lipinski definition) is 3. The number of ether oxygens (including phenoxy) is 2. The Morgan fingerprint density at radius 3 is 2.81 bits per heavy atom. The molecule has 0 aromatic carbocycles. The van der Waals surface area contributed by atoms with E-state index in [9.17, 15) is 9.59 Å². The van der Waals surface area contributed by atoms with Crippen LogP contribution in [0.15, 0.2) is 35.4 Å². The lowest BCUT2D eigenvalue weighted by atomic mass is 9.89. The number of carbonyl (C=O) groups excluding carboxylic acids is 1. The second kappa shape index (κ2) is 8.24. The normalized spacial score (nSPS) is 20.4. The van der Waals surface area contributed by atoms with Crippen molar-refractivity contribution in [2.24, 2.45) is 0 Å². The molecule has 3 aromatic heterocycles. The zero-order valence-corrected chi connectivity index (χ0v) is 17.9. The molecule has 1 saturated carbocycles. The van der Waals surface area contributed by atoms with E-state index >= 15 is 0 Å². The van der Waals surface area contributed by atoms with Crippen LogP contribution in [0.5, 0.6) is 0 Å². The molecule has 3 aromatic rings. The van der Waals surface area contributed by atoms with Crippen molar-refractivity contribution in [3.63, 3.8) is 0 Å². The van der Waals surface area contributed by atoms with Gasteiger partial charge in [0.25, 0.3) is 11.5 Å². The summed E-state index contributed by atoms with van der Waals surface area (Å²) in [5, 5.41) is 13.5. The lowest BCUT2D eigenvalue weighted by Gasteiger charge is -2.35. The SMILES string of the molecule is CNc1cc(Nc2cccn(C3COC3)c2=O)nc2c(C(=O)N[C@H]3CC[C@@H]3OC)cnn12. The summed E-state index contributed by atoms with van der Waals surface area (Å²) in [4.78, 5) is 30.4. The van der Waals surface area contributed by atoms with Gasteiger partial charge in [0, 0.05) is 26.4 Å². The van der Waals surface area contributed by atoms with Crippen molar-refractivity contribution in [3.05, 3.63) is 46.5 Å². The molecule has 2 fully saturated rings. The van der Waals surface area contributed by atoms with Crippen molar-refractivity contribution in [1.29, 1.82) is 0 Å². The maximum atomic E-state index is 12.9. The van der Waals surface area contributed by atoms with Crippen molar-refractivity contribution in [1.82, 2.24) is 24.5 Å². The van der Waals surface area contributed by atoms with E-state index in [-0.39, 0.29) is 29.7 Å². The Morgan fingerprint density at radius 2 is 2.16 bits per heavy atom. The highest BCUT2D eigenvalue weighted by Gasteiger charge is 2.33. The summed E-state index contributed by atoms with van der Waals surface area (Å²) in [5.74, 6) is 0.790. The van der Waals surface area contributed by atoms with Gasteiger partial charge < -0.3 is 30.0 Å². The van der Waals surface area contributed by atoms with Crippen LogP contribution in [0.2, 0.25) is 0 Å². The van der Waals surface area contributed by atoms with Crippen LogP contribution in [0, 0.1) is 0 Å². The molecule has 2 atom stereocenters. The number of methoxy groups -OCH3 is 1. The first-order valence-electron chi connectivity index (χ1n) is 10.5.